The monoisotopic (exact) mass is 490 g/mol. The second-order valence-corrected chi connectivity index (χ2v) is 10.6. The minimum atomic E-state index is -0.355. The molecule has 3 aromatic heterocycles. The minimum absolute atomic E-state index is 0.355. The third-order valence-electron chi connectivity index (χ3n) is 8.17. The summed E-state index contributed by atoms with van der Waals surface area (Å²) in [5.41, 5.74) is 11.8. The van der Waals surface area contributed by atoms with E-state index in [1.54, 1.807) is 4.52 Å². The molecular weight excluding hydrogens is 452 g/mol. The molecule has 3 N–H and O–H groups in total. The Kier molecular flexibility index (Phi) is 6.72. The maximum absolute atomic E-state index is 11.3. The van der Waals surface area contributed by atoms with Gasteiger partial charge in [0.1, 0.15) is 5.82 Å². The fourth-order valence-corrected chi connectivity index (χ4v) is 6.07. The van der Waals surface area contributed by atoms with Gasteiger partial charge >= 0.3 is 0 Å². The Labute approximate surface area is 213 Å². The Hall–Kier alpha value is -3.00. The average Bonchev–Trinajstić information content (AvgIpc) is 3.51. The number of aliphatic hydroxyl groups is 1. The van der Waals surface area contributed by atoms with Gasteiger partial charge in [-0.2, -0.15) is 4.98 Å². The number of fused-ring (bicyclic) bond motifs is 1. The quantitative estimate of drug-likeness (QED) is 0.483. The van der Waals surface area contributed by atoms with Gasteiger partial charge in [-0.3, -0.25) is 0 Å². The average molecular weight is 491 g/mol. The Morgan fingerprint density at radius 2 is 1.89 bits per heavy atom. The van der Waals surface area contributed by atoms with E-state index in [2.05, 4.69) is 33.0 Å². The van der Waals surface area contributed by atoms with Crippen LogP contribution in [-0.2, 0) is 24.0 Å². The van der Waals surface area contributed by atoms with E-state index in [0.717, 1.165) is 60.3 Å². The molecule has 0 saturated heterocycles. The Bertz CT molecular complexity index is 1310. The lowest BCUT2D eigenvalue weighted by molar-refractivity contribution is -0.0994. The summed E-state index contributed by atoms with van der Waals surface area (Å²) >= 11 is 0. The van der Waals surface area contributed by atoms with Gasteiger partial charge in [-0.1, -0.05) is 25.8 Å². The smallest absolute Gasteiger partial charge is 0.252 e. The van der Waals surface area contributed by atoms with Crippen molar-refractivity contribution < 1.29 is 9.84 Å². The van der Waals surface area contributed by atoms with Gasteiger partial charge in [0.15, 0.2) is 5.82 Å². The SMILES string of the molecule is CCc1cc(CCC2(C3CCCC3)CC(O)=C(Cc3nc4nc(C)cc(C)n4n3)CO2)c(C)nc1N. The largest absolute Gasteiger partial charge is 0.512 e. The van der Waals surface area contributed by atoms with Crippen LogP contribution in [0.5, 0.6) is 0 Å². The lowest BCUT2D eigenvalue weighted by Gasteiger charge is -2.42. The Balaban J connectivity index is 1.38. The van der Waals surface area contributed by atoms with Gasteiger partial charge in [-0.05, 0) is 76.0 Å². The second-order valence-electron chi connectivity index (χ2n) is 10.6. The number of aromatic nitrogens is 5. The summed E-state index contributed by atoms with van der Waals surface area (Å²) in [6.45, 7) is 8.50. The first-order valence-electron chi connectivity index (χ1n) is 13.3. The maximum atomic E-state index is 11.3. The van der Waals surface area contributed by atoms with Crippen molar-refractivity contribution in [2.24, 2.45) is 5.92 Å². The molecule has 3 aromatic rings. The van der Waals surface area contributed by atoms with Gasteiger partial charge in [0.2, 0.25) is 0 Å². The highest BCUT2D eigenvalue weighted by atomic mass is 16.5. The highest BCUT2D eigenvalue weighted by Crippen LogP contribution is 2.45. The van der Waals surface area contributed by atoms with Crippen molar-refractivity contribution in [3.63, 3.8) is 0 Å². The minimum Gasteiger partial charge on any atom is -0.512 e. The number of aryl methyl sites for hydroxylation is 5. The van der Waals surface area contributed by atoms with Gasteiger partial charge < -0.3 is 15.6 Å². The van der Waals surface area contributed by atoms with Crippen LogP contribution in [0.3, 0.4) is 0 Å². The summed E-state index contributed by atoms with van der Waals surface area (Å²) in [7, 11) is 0. The van der Waals surface area contributed by atoms with Crippen molar-refractivity contribution in [3.8, 4) is 0 Å². The number of nitrogens with two attached hydrogens (primary N) is 1. The maximum Gasteiger partial charge on any atom is 0.252 e. The molecule has 2 aliphatic rings. The summed E-state index contributed by atoms with van der Waals surface area (Å²) in [6.07, 6.45) is 8.37. The van der Waals surface area contributed by atoms with Crippen molar-refractivity contribution in [3.05, 3.63) is 57.5 Å². The van der Waals surface area contributed by atoms with Crippen LogP contribution >= 0.6 is 0 Å². The number of nitrogen functional groups attached to an aromatic ring is 1. The molecule has 0 spiro atoms. The van der Waals surface area contributed by atoms with E-state index in [9.17, 15) is 5.11 Å². The molecule has 1 aliphatic carbocycles. The Morgan fingerprint density at radius 1 is 1.11 bits per heavy atom. The van der Waals surface area contributed by atoms with Crippen molar-refractivity contribution in [2.75, 3.05) is 12.3 Å². The fourth-order valence-electron chi connectivity index (χ4n) is 6.07. The van der Waals surface area contributed by atoms with Crippen LogP contribution in [0.25, 0.3) is 5.78 Å². The molecule has 0 aromatic carbocycles. The normalized spacial score (nSPS) is 21.1. The summed E-state index contributed by atoms with van der Waals surface area (Å²) in [5.74, 6) is 2.78. The number of aliphatic hydroxyl groups excluding tert-OH is 1. The molecule has 8 nitrogen and oxygen atoms in total. The summed E-state index contributed by atoms with van der Waals surface area (Å²) in [4.78, 5) is 13.7. The van der Waals surface area contributed by atoms with E-state index >= 15 is 0 Å². The highest BCUT2D eigenvalue weighted by molar-refractivity contribution is 5.43. The zero-order valence-electron chi connectivity index (χ0n) is 22.0. The number of ether oxygens (including phenoxy) is 1. The van der Waals surface area contributed by atoms with Crippen LogP contribution in [0.2, 0.25) is 0 Å². The summed E-state index contributed by atoms with van der Waals surface area (Å²) in [6, 6.07) is 4.19. The van der Waals surface area contributed by atoms with Crippen molar-refractivity contribution in [2.45, 2.75) is 91.1 Å². The van der Waals surface area contributed by atoms with E-state index < -0.39 is 0 Å². The van der Waals surface area contributed by atoms with Gasteiger partial charge in [-0.15, -0.1) is 5.10 Å². The molecule has 0 amide bonds. The molecule has 8 heteroatoms. The number of nitrogens with zero attached hydrogens (tertiary/aromatic N) is 5. The predicted octanol–water partition coefficient (Wildman–Crippen LogP) is 4.93. The van der Waals surface area contributed by atoms with Crippen LogP contribution < -0.4 is 5.73 Å². The van der Waals surface area contributed by atoms with Crippen molar-refractivity contribution >= 4 is 11.6 Å². The van der Waals surface area contributed by atoms with Crippen molar-refractivity contribution in [1.29, 1.82) is 0 Å². The van der Waals surface area contributed by atoms with Gasteiger partial charge in [0.25, 0.3) is 5.78 Å². The zero-order valence-corrected chi connectivity index (χ0v) is 22.0. The van der Waals surface area contributed by atoms with E-state index in [4.69, 9.17) is 10.5 Å². The van der Waals surface area contributed by atoms with Crippen LogP contribution in [0.4, 0.5) is 5.82 Å². The molecule has 1 atom stereocenters. The van der Waals surface area contributed by atoms with Crippen LogP contribution in [-0.4, -0.2) is 41.9 Å². The fraction of sp³-hybridized carbons (Fsp3) is 0.571. The number of hydrogen-bond acceptors (Lipinski definition) is 7. The van der Waals surface area contributed by atoms with Crippen LogP contribution in [0.1, 0.15) is 79.5 Å². The van der Waals surface area contributed by atoms with E-state index in [1.807, 2.05) is 26.8 Å². The molecule has 5 rings (SSSR count). The molecule has 1 saturated carbocycles. The third-order valence-corrected chi connectivity index (χ3v) is 8.17. The molecule has 0 radical (unpaired) electrons. The molecule has 0 bridgehead atoms. The molecule has 4 heterocycles. The molecular formula is C28H38N6O2. The second kappa shape index (κ2) is 9.81. The summed E-state index contributed by atoms with van der Waals surface area (Å²) in [5, 5.41) is 15.9. The van der Waals surface area contributed by atoms with Crippen LogP contribution in [0, 0.1) is 26.7 Å². The number of pyridine rings is 1. The lowest BCUT2D eigenvalue weighted by Crippen LogP contribution is -2.44. The third kappa shape index (κ3) is 4.71. The molecule has 1 aliphatic heterocycles. The van der Waals surface area contributed by atoms with Gasteiger partial charge in [0, 0.05) is 35.5 Å². The van der Waals surface area contributed by atoms with E-state index in [-0.39, 0.29) is 5.60 Å². The standard InChI is InChI=1S/C28H38N6O2/c1-5-20-13-21(19(4)31-26(20)29)10-11-28(23-8-6-7-9-23)15-24(35)22(16-36-28)14-25-32-27-30-17(2)12-18(3)34(27)33-25/h12-13,23,35H,5-11,14-16H2,1-4H3,(H2,29,31). The highest BCUT2D eigenvalue weighted by Gasteiger charge is 2.44. The van der Waals surface area contributed by atoms with Gasteiger partial charge in [0.05, 0.1) is 18.0 Å². The first-order valence-corrected chi connectivity index (χ1v) is 13.3. The molecule has 1 fully saturated rings. The summed E-state index contributed by atoms with van der Waals surface area (Å²) < 4.78 is 8.49. The van der Waals surface area contributed by atoms with E-state index in [1.165, 1.54) is 18.4 Å². The first kappa shape index (κ1) is 24.7. The van der Waals surface area contributed by atoms with Crippen LogP contribution in [0.15, 0.2) is 23.5 Å². The Morgan fingerprint density at radius 3 is 2.61 bits per heavy atom. The number of anilines is 1. The first-order chi connectivity index (χ1) is 17.3. The van der Waals surface area contributed by atoms with Gasteiger partial charge in [-0.25, -0.2) is 14.5 Å². The zero-order chi connectivity index (χ0) is 25.4. The number of hydrogen-bond donors (Lipinski definition) is 2. The molecule has 36 heavy (non-hydrogen) atoms. The molecule has 192 valence electrons. The predicted molar refractivity (Wildman–Crippen MR) is 140 cm³/mol. The topological polar surface area (TPSA) is 111 Å². The van der Waals surface area contributed by atoms with Crippen molar-refractivity contribution in [1.82, 2.24) is 24.6 Å². The lowest BCUT2D eigenvalue weighted by atomic mass is 9.76. The molecule has 1 unspecified atom stereocenters. The van der Waals surface area contributed by atoms with E-state index in [0.29, 0.717) is 48.5 Å². The number of rotatable bonds is 7.